The number of piperidine rings is 1. The number of hydroxylamine groups is 4. The molecule has 13 nitrogen and oxygen atoms in total. The Labute approximate surface area is 279 Å². The molecule has 2 aliphatic heterocycles. The molecule has 3 rings (SSSR count). The molecule has 2 aliphatic rings. The Hall–Kier alpha value is -2.07. The number of carbonyl (C=O) groups is 2. The number of nitrogens with zero attached hydrogens (tertiary/aromatic N) is 5. The van der Waals surface area contributed by atoms with Gasteiger partial charge in [0.1, 0.15) is 15.6 Å². The SMILES string of the molecule is CCCCN(OS(=O)(=O)ON1C(=O)N2C[C@@H]1CC[C@H]2c1nnc(CCNC(=O)OC(C)(C)C)s1)C(CCC)(CCCC)CCCC. The first-order valence-corrected chi connectivity index (χ1v) is 19.2. The second kappa shape index (κ2) is 17.4. The molecule has 0 aliphatic carbocycles. The molecule has 46 heavy (non-hydrogen) atoms. The number of rotatable bonds is 20. The van der Waals surface area contributed by atoms with Gasteiger partial charge < -0.3 is 15.0 Å². The van der Waals surface area contributed by atoms with Gasteiger partial charge in [0.05, 0.1) is 12.1 Å². The van der Waals surface area contributed by atoms with E-state index in [0.717, 1.165) is 74.3 Å². The number of nitrogens with one attached hydrogen (secondary N) is 1. The van der Waals surface area contributed by atoms with Gasteiger partial charge in [0.2, 0.25) is 0 Å². The predicted molar refractivity (Wildman–Crippen MR) is 177 cm³/mol. The fraction of sp³-hybridized carbons (Fsp3) is 0.871. The highest BCUT2D eigenvalue weighted by molar-refractivity contribution is 7.81. The van der Waals surface area contributed by atoms with Gasteiger partial charge in [-0.2, -0.15) is 22.8 Å². The molecule has 2 fully saturated rings. The van der Waals surface area contributed by atoms with Crippen molar-refractivity contribution >= 4 is 33.9 Å². The molecule has 0 unspecified atom stereocenters. The van der Waals surface area contributed by atoms with Gasteiger partial charge >= 0.3 is 22.5 Å². The van der Waals surface area contributed by atoms with Crippen molar-refractivity contribution in [2.75, 3.05) is 19.6 Å². The lowest BCUT2D eigenvalue weighted by Gasteiger charge is -2.43. The topological polar surface area (TPSA) is 144 Å². The summed E-state index contributed by atoms with van der Waals surface area (Å²) in [6.07, 6.45) is 10.1. The van der Waals surface area contributed by atoms with Crippen LogP contribution in [0.5, 0.6) is 0 Å². The molecule has 15 heteroatoms. The van der Waals surface area contributed by atoms with Crippen molar-refractivity contribution in [3.8, 4) is 0 Å². The number of unbranched alkanes of at least 4 members (excludes halogenated alkanes) is 3. The second-order valence-electron chi connectivity index (χ2n) is 13.4. The van der Waals surface area contributed by atoms with E-state index >= 15 is 0 Å². The van der Waals surface area contributed by atoms with Crippen LogP contribution in [0.1, 0.15) is 142 Å². The minimum Gasteiger partial charge on any atom is -0.444 e. The van der Waals surface area contributed by atoms with Crippen LogP contribution in [0.4, 0.5) is 9.59 Å². The first-order chi connectivity index (χ1) is 21.8. The Bertz CT molecular complexity index is 1210. The number of hydrogen-bond donors (Lipinski definition) is 1. The number of urea groups is 1. The van der Waals surface area contributed by atoms with Crippen LogP contribution in [0.3, 0.4) is 0 Å². The number of hydrogen-bond acceptors (Lipinski definition) is 11. The zero-order valence-corrected chi connectivity index (χ0v) is 30.5. The highest BCUT2D eigenvalue weighted by Gasteiger charge is 2.49. The molecule has 0 aromatic carbocycles. The van der Waals surface area contributed by atoms with Crippen LogP contribution in [-0.4, -0.2) is 82.6 Å². The first-order valence-electron chi connectivity index (χ1n) is 17.1. The lowest BCUT2D eigenvalue weighted by Crippen LogP contribution is -2.51. The first kappa shape index (κ1) is 38.4. The van der Waals surface area contributed by atoms with Gasteiger partial charge in [0, 0.05) is 31.6 Å². The van der Waals surface area contributed by atoms with Gasteiger partial charge in [-0.3, -0.25) is 0 Å². The molecule has 264 valence electrons. The standard InChI is InChI=1S/C31H56N6O7S2/c1-8-12-19-31(18-11-4,20-13-9-2)36(22-14-10-3)43-46(40,41)44-37-24-15-16-25(35(23-24)29(37)39)27-34-33-26(45-27)17-21-32-28(38)42-30(5,6)7/h24-25H,8-23H2,1-7H3,(H,32,38)/t24-,25-/m0/s1. The largest absolute Gasteiger partial charge is 0.444 e. The van der Waals surface area contributed by atoms with Gasteiger partial charge in [-0.05, 0) is 59.3 Å². The summed E-state index contributed by atoms with van der Waals surface area (Å²) >= 11 is 1.38. The van der Waals surface area contributed by atoms with Gasteiger partial charge in [0.25, 0.3) is 0 Å². The van der Waals surface area contributed by atoms with Gasteiger partial charge in [-0.25, -0.2) is 9.59 Å². The zero-order chi connectivity index (χ0) is 34.0. The minimum absolute atomic E-state index is 0.320. The zero-order valence-electron chi connectivity index (χ0n) is 28.9. The fourth-order valence-electron chi connectivity index (χ4n) is 6.18. The summed E-state index contributed by atoms with van der Waals surface area (Å²) < 4.78 is 43.6. The van der Waals surface area contributed by atoms with Crippen molar-refractivity contribution in [1.82, 2.24) is 30.5 Å². The smallest absolute Gasteiger partial charge is 0.437 e. The van der Waals surface area contributed by atoms with Crippen molar-refractivity contribution in [2.45, 2.75) is 155 Å². The number of ether oxygens (including phenoxy) is 1. The fourth-order valence-corrected chi connectivity index (χ4v) is 8.03. The third kappa shape index (κ3) is 10.7. The molecular formula is C31H56N6O7S2. The molecule has 2 saturated heterocycles. The number of carbonyl (C=O) groups excluding carboxylic acids is 2. The highest BCUT2D eigenvalue weighted by atomic mass is 32.3. The average Bonchev–Trinajstić information content (AvgIpc) is 3.54. The molecule has 0 radical (unpaired) electrons. The third-order valence-corrected chi connectivity index (χ3v) is 10.2. The van der Waals surface area contributed by atoms with E-state index in [1.54, 1.807) is 30.7 Å². The third-order valence-electron chi connectivity index (χ3n) is 8.40. The molecule has 1 N–H and O–H groups in total. The lowest BCUT2D eigenvalue weighted by atomic mass is 9.82. The minimum atomic E-state index is -4.59. The predicted octanol–water partition coefficient (Wildman–Crippen LogP) is 6.68. The number of fused-ring (bicyclic) bond motifs is 2. The Kier molecular flexibility index (Phi) is 14.5. The summed E-state index contributed by atoms with van der Waals surface area (Å²) in [5.41, 5.74) is -1.01. The van der Waals surface area contributed by atoms with Crippen LogP contribution in [-0.2, 0) is 30.1 Å². The average molecular weight is 689 g/mol. The molecule has 1 aromatic rings. The van der Waals surface area contributed by atoms with Crippen molar-refractivity contribution in [2.24, 2.45) is 0 Å². The van der Waals surface area contributed by atoms with Crippen LogP contribution in [0, 0.1) is 0 Å². The number of amides is 3. The summed E-state index contributed by atoms with van der Waals surface area (Å²) in [5.74, 6) is 0. The Morgan fingerprint density at radius 2 is 1.67 bits per heavy atom. The van der Waals surface area contributed by atoms with Crippen molar-refractivity contribution < 1.29 is 31.3 Å². The van der Waals surface area contributed by atoms with E-state index in [2.05, 4.69) is 43.2 Å². The number of alkyl carbamates (subject to hydrolysis) is 1. The van der Waals surface area contributed by atoms with E-state index in [1.165, 1.54) is 11.3 Å². The van der Waals surface area contributed by atoms with E-state index in [4.69, 9.17) is 13.3 Å². The van der Waals surface area contributed by atoms with E-state index in [9.17, 15) is 18.0 Å². The molecule has 3 heterocycles. The van der Waals surface area contributed by atoms with Crippen LogP contribution in [0.25, 0.3) is 0 Å². The summed E-state index contributed by atoms with van der Waals surface area (Å²) in [6.45, 7) is 15.0. The number of aromatic nitrogens is 2. The van der Waals surface area contributed by atoms with Gasteiger partial charge in [-0.1, -0.05) is 77.6 Å². The van der Waals surface area contributed by atoms with Crippen LogP contribution < -0.4 is 5.32 Å². The van der Waals surface area contributed by atoms with E-state index in [0.29, 0.717) is 43.9 Å². The lowest BCUT2D eigenvalue weighted by molar-refractivity contribution is -0.172. The second-order valence-corrected chi connectivity index (χ2v) is 15.6. The van der Waals surface area contributed by atoms with E-state index in [1.807, 2.05) is 0 Å². The summed E-state index contributed by atoms with van der Waals surface area (Å²) in [6, 6.07) is -1.29. The maximum atomic E-state index is 13.5. The van der Waals surface area contributed by atoms with Crippen molar-refractivity contribution in [3.05, 3.63) is 10.0 Å². The Balaban J connectivity index is 1.68. The van der Waals surface area contributed by atoms with Crippen LogP contribution >= 0.6 is 11.3 Å². The van der Waals surface area contributed by atoms with Crippen LogP contribution in [0.2, 0.25) is 0 Å². The molecule has 0 spiro atoms. The van der Waals surface area contributed by atoms with Crippen molar-refractivity contribution in [1.29, 1.82) is 0 Å². The Morgan fingerprint density at radius 3 is 2.28 bits per heavy atom. The van der Waals surface area contributed by atoms with Gasteiger partial charge in [-0.15, -0.1) is 14.5 Å². The summed E-state index contributed by atoms with van der Waals surface area (Å²) in [7, 11) is -4.59. The van der Waals surface area contributed by atoms with Crippen molar-refractivity contribution in [3.63, 3.8) is 0 Å². The van der Waals surface area contributed by atoms with E-state index < -0.39 is 39.7 Å². The van der Waals surface area contributed by atoms with Crippen LogP contribution in [0.15, 0.2) is 0 Å². The van der Waals surface area contributed by atoms with Gasteiger partial charge in [0.15, 0.2) is 0 Å². The highest BCUT2D eigenvalue weighted by Crippen LogP contribution is 2.40. The Morgan fingerprint density at radius 1 is 1.00 bits per heavy atom. The monoisotopic (exact) mass is 688 g/mol. The summed E-state index contributed by atoms with van der Waals surface area (Å²) in [5, 5.41) is 15.3. The molecule has 2 atom stereocenters. The quantitative estimate of drug-likeness (QED) is 0.147. The molecule has 3 amide bonds. The molecule has 2 bridgehead atoms. The molecule has 1 aromatic heterocycles. The van der Waals surface area contributed by atoms with E-state index in [-0.39, 0.29) is 6.04 Å². The normalized spacial score (nSPS) is 18.9. The molecule has 0 saturated carbocycles. The maximum Gasteiger partial charge on any atom is 0.437 e. The molecular weight excluding hydrogens is 633 g/mol. The summed E-state index contributed by atoms with van der Waals surface area (Å²) in [4.78, 5) is 27.1. The maximum absolute atomic E-state index is 13.5.